The van der Waals surface area contributed by atoms with Crippen LogP contribution < -0.4 is 20.1 Å². The van der Waals surface area contributed by atoms with Gasteiger partial charge in [-0.3, -0.25) is 0 Å². The Labute approximate surface area is 102 Å². The molecule has 0 spiro atoms. The van der Waals surface area contributed by atoms with Crippen LogP contribution in [0.3, 0.4) is 0 Å². The lowest BCUT2D eigenvalue weighted by Crippen LogP contribution is -2.22. The summed E-state index contributed by atoms with van der Waals surface area (Å²) in [6, 6.07) is 4.42. The number of anilines is 1. The Morgan fingerprint density at radius 1 is 1.29 bits per heavy atom. The summed E-state index contributed by atoms with van der Waals surface area (Å²) < 4.78 is 10.7. The molecule has 1 heterocycles. The van der Waals surface area contributed by atoms with Crippen molar-refractivity contribution in [1.29, 1.82) is 0 Å². The van der Waals surface area contributed by atoms with Gasteiger partial charge in [0.25, 0.3) is 0 Å². The van der Waals surface area contributed by atoms with E-state index >= 15 is 0 Å². The summed E-state index contributed by atoms with van der Waals surface area (Å²) in [5, 5.41) is 6.88. The summed E-state index contributed by atoms with van der Waals surface area (Å²) in [6.45, 7) is 4.15. The number of hydrogen-bond donors (Lipinski definition) is 2. The maximum Gasteiger partial charge on any atom is 0.145 e. The van der Waals surface area contributed by atoms with E-state index in [-0.39, 0.29) is 0 Å². The molecule has 1 aromatic carbocycles. The minimum Gasteiger partial charge on any atom is -0.497 e. The molecule has 17 heavy (non-hydrogen) atoms. The van der Waals surface area contributed by atoms with Gasteiger partial charge in [-0.2, -0.15) is 0 Å². The van der Waals surface area contributed by atoms with E-state index in [1.807, 2.05) is 12.1 Å². The minimum absolute atomic E-state index is 0.482. The van der Waals surface area contributed by atoms with Gasteiger partial charge in [0.05, 0.1) is 19.9 Å². The summed E-state index contributed by atoms with van der Waals surface area (Å²) in [4.78, 5) is 0. The molecular formula is C13H20N2O2. The van der Waals surface area contributed by atoms with Gasteiger partial charge in [-0.05, 0) is 31.5 Å². The van der Waals surface area contributed by atoms with Crippen molar-refractivity contribution >= 4 is 5.69 Å². The number of methoxy groups -OCH3 is 2. The summed E-state index contributed by atoms with van der Waals surface area (Å²) in [7, 11) is 3.36. The highest BCUT2D eigenvalue weighted by molar-refractivity contribution is 5.65. The maximum absolute atomic E-state index is 5.42. The number of rotatable bonds is 4. The first-order valence-electron chi connectivity index (χ1n) is 5.94. The lowest BCUT2D eigenvalue weighted by atomic mass is 10.1. The first-order valence-corrected chi connectivity index (χ1v) is 5.94. The van der Waals surface area contributed by atoms with Crippen molar-refractivity contribution in [3.63, 3.8) is 0 Å². The van der Waals surface area contributed by atoms with E-state index in [1.54, 1.807) is 14.2 Å². The molecule has 0 radical (unpaired) electrons. The van der Waals surface area contributed by atoms with Crippen molar-refractivity contribution in [2.75, 3.05) is 32.6 Å². The van der Waals surface area contributed by atoms with Crippen LogP contribution in [0, 0.1) is 6.92 Å². The molecule has 1 saturated heterocycles. The number of nitrogens with one attached hydrogen (secondary N) is 2. The molecule has 0 bridgehead atoms. The molecule has 1 aliphatic rings. The molecule has 0 aliphatic carbocycles. The van der Waals surface area contributed by atoms with Crippen LogP contribution >= 0.6 is 0 Å². The number of benzene rings is 1. The zero-order valence-corrected chi connectivity index (χ0v) is 10.7. The largest absolute Gasteiger partial charge is 0.497 e. The van der Waals surface area contributed by atoms with Gasteiger partial charge >= 0.3 is 0 Å². The summed E-state index contributed by atoms with van der Waals surface area (Å²) in [6.07, 6.45) is 1.15. The zero-order chi connectivity index (χ0) is 12.3. The Bertz CT molecular complexity index is 387. The summed E-state index contributed by atoms with van der Waals surface area (Å²) >= 11 is 0. The van der Waals surface area contributed by atoms with Crippen molar-refractivity contribution in [3.05, 3.63) is 17.7 Å². The van der Waals surface area contributed by atoms with Crippen LogP contribution in [0.25, 0.3) is 0 Å². The molecule has 4 nitrogen and oxygen atoms in total. The molecule has 0 amide bonds. The van der Waals surface area contributed by atoms with Crippen LogP contribution in [0.2, 0.25) is 0 Å². The van der Waals surface area contributed by atoms with E-state index in [0.717, 1.165) is 42.3 Å². The quantitative estimate of drug-likeness (QED) is 0.836. The monoisotopic (exact) mass is 236 g/mol. The molecule has 2 N–H and O–H groups in total. The Hall–Kier alpha value is -1.42. The highest BCUT2D eigenvalue weighted by atomic mass is 16.5. The standard InChI is InChI=1S/C13H20N2O2/c1-9-6-11(16-2)7-12(17-3)13(9)15-10-4-5-14-8-10/h6-7,10,14-15H,4-5,8H2,1-3H3. The van der Waals surface area contributed by atoms with Gasteiger partial charge in [-0.15, -0.1) is 0 Å². The molecular weight excluding hydrogens is 216 g/mol. The van der Waals surface area contributed by atoms with Gasteiger partial charge in [0.2, 0.25) is 0 Å². The number of aryl methyl sites for hydroxylation is 1. The Balaban J connectivity index is 2.24. The normalized spacial score (nSPS) is 19.1. The highest BCUT2D eigenvalue weighted by Gasteiger charge is 2.17. The predicted molar refractivity (Wildman–Crippen MR) is 69.2 cm³/mol. The minimum atomic E-state index is 0.482. The van der Waals surface area contributed by atoms with E-state index in [1.165, 1.54) is 0 Å². The van der Waals surface area contributed by atoms with E-state index < -0.39 is 0 Å². The average Bonchev–Trinajstić information content (AvgIpc) is 2.84. The molecule has 1 fully saturated rings. The molecule has 1 aliphatic heterocycles. The average molecular weight is 236 g/mol. The van der Waals surface area contributed by atoms with Gasteiger partial charge in [-0.25, -0.2) is 0 Å². The van der Waals surface area contributed by atoms with Crippen molar-refractivity contribution in [1.82, 2.24) is 5.32 Å². The molecule has 2 rings (SSSR count). The second-order valence-corrected chi connectivity index (χ2v) is 4.36. The third kappa shape index (κ3) is 2.64. The van der Waals surface area contributed by atoms with Crippen LogP contribution in [-0.4, -0.2) is 33.4 Å². The fourth-order valence-electron chi connectivity index (χ4n) is 2.17. The molecule has 4 heteroatoms. The molecule has 94 valence electrons. The smallest absolute Gasteiger partial charge is 0.145 e. The molecule has 0 saturated carbocycles. The highest BCUT2D eigenvalue weighted by Crippen LogP contribution is 2.33. The maximum atomic E-state index is 5.42. The number of hydrogen-bond acceptors (Lipinski definition) is 4. The first-order chi connectivity index (χ1) is 8.24. The fourth-order valence-corrected chi connectivity index (χ4v) is 2.17. The molecule has 0 aromatic heterocycles. The van der Waals surface area contributed by atoms with Gasteiger partial charge in [0.1, 0.15) is 11.5 Å². The third-order valence-corrected chi connectivity index (χ3v) is 3.14. The van der Waals surface area contributed by atoms with Crippen LogP contribution in [0.15, 0.2) is 12.1 Å². The molecule has 1 aromatic rings. The lowest BCUT2D eigenvalue weighted by Gasteiger charge is -2.19. The van der Waals surface area contributed by atoms with Crippen molar-refractivity contribution in [2.24, 2.45) is 0 Å². The fraction of sp³-hybridized carbons (Fsp3) is 0.538. The second-order valence-electron chi connectivity index (χ2n) is 4.36. The number of ether oxygens (including phenoxy) is 2. The van der Waals surface area contributed by atoms with Gasteiger partial charge in [0, 0.05) is 18.7 Å². The van der Waals surface area contributed by atoms with Crippen LogP contribution in [0.1, 0.15) is 12.0 Å². The van der Waals surface area contributed by atoms with E-state index in [4.69, 9.17) is 9.47 Å². The summed E-state index contributed by atoms with van der Waals surface area (Å²) in [5.74, 6) is 1.67. The van der Waals surface area contributed by atoms with E-state index in [9.17, 15) is 0 Å². The van der Waals surface area contributed by atoms with Gasteiger partial charge < -0.3 is 20.1 Å². The second kappa shape index (κ2) is 5.27. The van der Waals surface area contributed by atoms with E-state index in [2.05, 4.69) is 17.6 Å². The van der Waals surface area contributed by atoms with Crippen molar-refractivity contribution < 1.29 is 9.47 Å². The molecule has 1 unspecified atom stereocenters. The SMILES string of the molecule is COc1cc(C)c(NC2CCNC2)c(OC)c1. The predicted octanol–water partition coefficient (Wildman–Crippen LogP) is 1.79. The topological polar surface area (TPSA) is 42.5 Å². The van der Waals surface area contributed by atoms with Crippen molar-refractivity contribution in [3.8, 4) is 11.5 Å². The Kier molecular flexibility index (Phi) is 3.74. The lowest BCUT2D eigenvalue weighted by molar-refractivity contribution is 0.394. The Morgan fingerprint density at radius 2 is 2.12 bits per heavy atom. The van der Waals surface area contributed by atoms with Crippen LogP contribution in [0.5, 0.6) is 11.5 Å². The Morgan fingerprint density at radius 3 is 2.71 bits per heavy atom. The summed E-state index contributed by atoms with van der Waals surface area (Å²) in [5.41, 5.74) is 2.22. The molecule has 1 atom stereocenters. The van der Waals surface area contributed by atoms with Crippen LogP contribution in [-0.2, 0) is 0 Å². The van der Waals surface area contributed by atoms with Gasteiger partial charge in [-0.1, -0.05) is 0 Å². The first kappa shape index (κ1) is 12.0. The van der Waals surface area contributed by atoms with Crippen LogP contribution in [0.4, 0.5) is 5.69 Å². The van der Waals surface area contributed by atoms with Crippen molar-refractivity contribution in [2.45, 2.75) is 19.4 Å². The third-order valence-electron chi connectivity index (χ3n) is 3.14. The van der Waals surface area contributed by atoms with Gasteiger partial charge in [0.15, 0.2) is 0 Å². The van der Waals surface area contributed by atoms with E-state index in [0.29, 0.717) is 6.04 Å². The zero-order valence-electron chi connectivity index (χ0n) is 10.7.